The second-order valence-corrected chi connectivity index (χ2v) is 5.45. The molecule has 0 unspecified atom stereocenters. The Morgan fingerprint density at radius 2 is 2.08 bits per heavy atom. The van der Waals surface area contributed by atoms with E-state index in [0.29, 0.717) is 11.3 Å². The number of nitrogens with one attached hydrogen (secondary N) is 1. The van der Waals surface area contributed by atoms with E-state index in [1.807, 2.05) is 6.07 Å². The molecule has 0 radical (unpaired) electrons. The molecular formula is C18H13FN4O3. The minimum atomic E-state index is -1.20. The Morgan fingerprint density at radius 3 is 2.81 bits per heavy atom. The summed E-state index contributed by atoms with van der Waals surface area (Å²) in [5, 5.41) is 19.8. The van der Waals surface area contributed by atoms with Gasteiger partial charge in [-0.05, 0) is 30.3 Å². The number of halogens is 1. The summed E-state index contributed by atoms with van der Waals surface area (Å²) >= 11 is 0. The number of carboxylic acid groups (broad SMARTS) is 1. The van der Waals surface area contributed by atoms with Gasteiger partial charge in [0.15, 0.2) is 0 Å². The van der Waals surface area contributed by atoms with Crippen LogP contribution in [0.4, 0.5) is 9.18 Å². The third kappa shape index (κ3) is 3.23. The van der Waals surface area contributed by atoms with Gasteiger partial charge in [0.2, 0.25) is 0 Å². The molecule has 0 aliphatic carbocycles. The van der Waals surface area contributed by atoms with Gasteiger partial charge in [0.05, 0.1) is 22.8 Å². The Bertz CT molecular complexity index is 1100. The largest absolute Gasteiger partial charge is 0.465 e. The zero-order chi connectivity index (χ0) is 18.7. The number of benzene rings is 2. The molecule has 2 aromatic carbocycles. The quantitative estimate of drug-likeness (QED) is 0.748. The van der Waals surface area contributed by atoms with Gasteiger partial charge in [-0.15, -0.1) is 0 Å². The van der Waals surface area contributed by atoms with Crippen LogP contribution in [0.5, 0.6) is 0 Å². The fourth-order valence-electron chi connectivity index (χ4n) is 2.67. The van der Waals surface area contributed by atoms with Crippen molar-refractivity contribution in [1.82, 2.24) is 14.9 Å². The van der Waals surface area contributed by atoms with Gasteiger partial charge in [-0.1, -0.05) is 12.1 Å². The zero-order valence-electron chi connectivity index (χ0n) is 13.4. The van der Waals surface area contributed by atoms with E-state index in [-0.39, 0.29) is 29.7 Å². The molecule has 1 amide bonds. The molecular weight excluding hydrogens is 339 g/mol. The molecule has 0 bridgehead atoms. The third-order valence-corrected chi connectivity index (χ3v) is 3.77. The maximum atomic E-state index is 14.2. The molecule has 8 heteroatoms. The number of hydrogen-bond acceptors (Lipinski definition) is 4. The molecule has 0 aliphatic rings. The van der Waals surface area contributed by atoms with Crippen molar-refractivity contribution in [2.24, 2.45) is 0 Å². The van der Waals surface area contributed by atoms with Crippen LogP contribution in [0.3, 0.4) is 0 Å². The number of amides is 1. The summed E-state index contributed by atoms with van der Waals surface area (Å²) in [6.45, 7) is 0.0283. The van der Waals surface area contributed by atoms with Crippen LogP contribution < -0.4 is 10.9 Å². The van der Waals surface area contributed by atoms with Gasteiger partial charge in [0, 0.05) is 13.0 Å². The summed E-state index contributed by atoms with van der Waals surface area (Å²) in [5.74, 6) is -0.433. The lowest BCUT2D eigenvalue weighted by atomic mass is 10.2. The molecule has 130 valence electrons. The predicted octanol–water partition coefficient (Wildman–Crippen LogP) is 2.21. The normalized spacial score (nSPS) is 10.5. The molecule has 0 fully saturated rings. The molecule has 2 N–H and O–H groups in total. The lowest BCUT2D eigenvalue weighted by Crippen LogP contribution is -2.29. The number of rotatable bonds is 4. The van der Waals surface area contributed by atoms with E-state index in [1.165, 1.54) is 28.8 Å². The van der Waals surface area contributed by atoms with Gasteiger partial charge in [-0.25, -0.2) is 14.2 Å². The minimum absolute atomic E-state index is 0.0283. The highest BCUT2D eigenvalue weighted by Crippen LogP contribution is 2.16. The smallest absolute Gasteiger partial charge is 0.404 e. The molecule has 26 heavy (non-hydrogen) atoms. The minimum Gasteiger partial charge on any atom is -0.465 e. The first-order chi connectivity index (χ1) is 12.5. The van der Waals surface area contributed by atoms with Crippen molar-refractivity contribution in [1.29, 1.82) is 5.26 Å². The van der Waals surface area contributed by atoms with E-state index in [0.717, 1.165) is 0 Å². The van der Waals surface area contributed by atoms with Gasteiger partial charge in [0.1, 0.15) is 17.0 Å². The topological polar surface area (TPSA) is 108 Å². The van der Waals surface area contributed by atoms with Crippen LogP contribution in [0.2, 0.25) is 0 Å². The van der Waals surface area contributed by atoms with E-state index in [4.69, 9.17) is 10.4 Å². The van der Waals surface area contributed by atoms with Crippen molar-refractivity contribution in [3.05, 3.63) is 70.0 Å². The monoisotopic (exact) mass is 352 g/mol. The Morgan fingerprint density at radius 1 is 1.31 bits per heavy atom. The Balaban J connectivity index is 2.24. The number of nitrogens with zero attached hydrogens (tertiary/aromatic N) is 3. The molecule has 0 atom stereocenters. The van der Waals surface area contributed by atoms with Crippen molar-refractivity contribution in [2.45, 2.75) is 6.42 Å². The van der Waals surface area contributed by atoms with E-state index in [2.05, 4.69) is 10.3 Å². The molecule has 0 spiro atoms. The van der Waals surface area contributed by atoms with E-state index < -0.39 is 17.5 Å². The molecule has 7 nitrogen and oxygen atoms in total. The second-order valence-electron chi connectivity index (χ2n) is 5.45. The Hall–Kier alpha value is -3.73. The average molecular weight is 352 g/mol. The van der Waals surface area contributed by atoms with Crippen molar-refractivity contribution in [3.63, 3.8) is 0 Å². The Kier molecular flexibility index (Phi) is 4.62. The molecule has 1 heterocycles. The summed E-state index contributed by atoms with van der Waals surface area (Å²) in [4.78, 5) is 27.9. The highest BCUT2D eigenvalue weighted by atomic mass is 19.1. The first-order valence-electron chi connectivity index (χ1n) is 7.68. The van der Waals surface area contributed by atoms with Crippen molar-refractivity contribution < 1.29 is 14.3 Å². The van der Waals surface area contributed by atoms with E-state index in [1.54, 1.807) is 18.2 Å². The SMILES string of the molecule is N#Cc1cccc(-n2c(CCNC(=O)O)nc3cccc(F)c3c2=O)c1. The van der Waals surface area contributed by atoms with E-state index in [9.17, 15) is 14.0 Å². The second kappa shape index (κ2) is 7.03. The maximum Gasteiger partial charge on any atom is 0.404 e. The van der Waals surface area contributed by atoms with Crippen LogP contribution in [0.25, 0.3) is 16.6 Å². The van der Waals surface area contributed by atoms with Crippen LogP contribution in [0.15, 0.2) is 47.3 Å². The lowest BCUT2D eigenvalue weighted by Gasteiger charge is -2.14. The lowest BCUT2D eigenvalue weighted by molar-refractivity contribution is 0.194. The van der Waals surface area contributed by atoms with Crippen LogP contribution in [-0.4, -0.2) is 27.3 Å². The Labute approximate surface area is 147 Å². The first kappa shape index (κ1) is 17.1. The van der Waals surface area contributed by atoms with Gasteiger partial charge in [-0.2, -0.15) is 5.26 Å². The van der Waals surface area contributed by atoms with E-state index >= 15 is 0 Å². The zero-order valence-corrected chi connectivity index (χ0v) is 13.4. The summed E-state index contributed by atoms with van der Waals surface area (Å²) in [5.41, 5.74) is 0.260. The van der Waals surface area contributed by atoms with Gasteiger partial charge in [-0.3, -0.25) is 9.36 Å². The number of fused-ring (bicyclic) bond motifs is 1. The molecule has 0 aliphatic heterocycles. The van der Waals surface area contributed by atoms with Gasteiger partial charge in [0.25, 0.3) is 5.56 Å². The summed E-state index contributed by atoms with van der Waals surface area (Å²) in [7, 11) is 0. The van der Waals surface area contributed by atoms with Crippen LogP contribution in [0.1, 0.15) is 11.4 Å². The fourth-order valence-corrected chi connectivity index (χ4v) is 2.67. The van der Waals surface area contributed by atoms with Gasteiger partial charge < -0.3 is 10.4 Å². The number of carbonyl (C=O) groups is 1. The summed E-state index contributed by atoms with van der Waals surface area (Å²) in [6, 6.07) is 12.4. The summed E-state index contributed by atoms with van der Waals surface area (Å²) < 4.78 is 15.4. The predicted molar refractivity (Wildman–Crippen MR) is 91.7 cm³/mol. The number of hydrogen-bond donors (Lipinski definition) is 2. The molecule has 3 aromatic rings. The number of nitriles is 1. The standard InChI is InChI=1S/C18H13FN4O3/c19-13-5-2-6-14-16(13)17(24)23(12-4-1-3-11(9-12)10-20)15(22-14)7-8-21-18(25)26/h1-6,9,21H,7-8H2,(H,25,26). The molecule has 1 aromatic heterocycles. The van der Waals surface area contributed by atoms with Crippen molar-refractivity contribution in [3.8, 4) is 11.8 Å². The first-order valence-corrected chi connectivity index (χ1v) is 7.68. The molecule has 3 rings (SSSR count). The number of aromatic nitrogens is 2. The molecule has 0 saturated heterocycles. The highest BCUT2D eigenvalue weighted by Gasteiger charge is 2.16. The van der Waals surface area contributed by atoms with Crippen molar-refractivity contribution in [2.75, 3.05) is 6.54 Å². The summed E-state index contributed by atoms with van der Waals surface area (Å²) in [6.07, 6.45) is -1.08. The fraction of sp³-hybridized carbons (Fsp3) is 0.111. The van der Waals surface area contributed by atoms with Crippen molar-refractivity contribution >= 4 is 17.0 Å². The highest BCUT2D eigenvalue weighted by molar-refractivity contribution is 5.78. The molecule has 0 saturated carbocycles. The maximum absolute atomic E-state index is 14.2. The average Bonchev–Trinajstić information content (AvgIpc) is 2.61. The van der Waals surface area contributed by atoms with Crippen LogP contribution in [0, 0.1) is 17.1 Å². The van der Waals surface area contributed by atoms with Crippen LogP contribution >= 0.6 is 0 Å². The van der Waals surface area contributed by atoms with Crippen LogP contribution in [-0.2, 0) is 6.42 Å². The third-order valence-electron chi connectivity index (χ3n) is 3.77. The van der Waals surface area contributed by atoms with Gasteiger partial charge >= 0.3 is 6.09 Å².